The lowest BCUT2D eigenvalue weighted by Crippen LogP contribution is -2.19. The molecule has 0 spiro atoms. The number of Topliss-reactive ketones (excluding diaryl/α,β-unsaturated/α-hetero) is 1. The Bertz CT molecular complexity index is 1200. The SMILES string of the molecule is O=C(c1ccccc1Nc1ncnc2c1ncn2Cc1ccccc1)C1CCCCC1. The van der Waals surface area contributed by atoms with Gasteiger partial charge >= 0.3 is 0 Å². The smallest absolute Gasteiger partial charge is 0.168 e. The molecule has 0 radical (unpaired) electrons. The molecule has 2 aromatic carbocycles. The van der Waals surface area contributed by atoms with Gasteiger partial charge in [0.2, 0.25) is 0 Å². The summed E-state index contributed by atoms with van der Waals surface area (Å²) in [6, 6.07) is 17.9. The molecule has 0 atom stereocenters. The molecule has 1 aliphatic carbocycles. The number of carbonyl (C=O) groups excluding carboxylic acids is 1. The molecule has 0 bridgehead atoms. The van der Waals surface area contributed by atoms with E-state index < -0.39 is 0 Å². The predicted octanol–water partition coefficient (Wildman–Crippen LogP) is 5.38. The van der Waals surface area contributed by atoms with Crippen LogP contribution in [0.15, 0.2) is 67.3 Å². The third kappa shape index (κ3) is 4.06. The van der Waals surface area contributed by atoms with Gasteiger partial charge in [-0.05, 0) is 30.5 Å². The zero-order valence-electron chi connectivity index (χ0n) is 17.4. The molecule has 4 aromatic rings. The molecule has 0 aliphatic heterocycles. The van der Waals surface area contributed by atoms with E-state index in [0.29, 0.717) is 17.9 Å². The molecule has 2 heterocycles. The van der Waals surface area contributed by atoms with Crippen molar-refractivity contribution in [1.29, 1.82) is 0 Å². The number of para-hydroxylation sites is 1. The van der Waals surface area contributed by atoms with Crippen LogP contribution in [-0.2, 0) is 6.54 Å². The highest BCUT2D eigenvalue weighted by atomic mass is 16.1. The summed E-state index contributed by atoms with van der Waals surface area (Å²) in [6.07, 6.45) is 8.79. The van der Waals surface area contributed by atoms with Crippen LogP contribution in [0.2, 0.25) is 0 Å². The predicted molar refractivity (Wildman–Crippen MR) is 121 cm³/mol. The highest BCUT2D eigenvalue weighted by Gasteiger charge is 2.24. The zero-order chi connectivity index (χ0) is 21.0. The molecule has 1 fully saturated rings. The number of hydrogen-bond acceptors (Lipinski definition) is 5. The van der Waals surface area contributed by atoms with Gasteiger partial charge in [0.1, 0.15) is 6.33 Å². The van der Waals surface area contributed by atoms with E-state index in [4.69, 9.17) is 0 Å². The van der Waals surface area contributed by atoms with Crippen molar-refractivity contribution < 1.29 is 4.79 Å². The fourth-order valence-electron chi connectivity index (χ4n) is 4.39. The van der Waals surface area contributed by atoms with Gasteiger partial charge in [0.05, 0.1) is 18.6 Å². The Balaban J connectivity index is 1.44. The molecule has 0 saturated heterocycles. The monoisotopic (exact) mass is 411 g/mol. The number of rotatable bonds is 6. The number of benzene rings is 2. The summed E-state index contributed by atoms with van der Waals surface area (Å²) in [7, 11) is 0. The molecule has 1 N–H and O–H groups in total. The van der Waals surface area contributed by atoms with Crippen LogP contribution in [0, 0.1) is 5.92 Å². The van der Waals surface area contributed by atoms with Crippen LogP contribution < -0.4 is 5.32 Å². The first kappa shape index (κ1) is 19.4. The Morgan fingerprint density at radius 1 is 0.935 bits per heavy atom. The first-order chi connectivity index (χ1) is 15.3. The lowest BCUT2D eigenvalue weighted by atomic mass is 9.83. The van der Waals surface area contributed by atoms with Gasteiger partial charge in [-0.3, -0.25) is 4.79 Å². The summed E-state index contributed by atoms with van der Waals surface area (Å²) in [4.78, 5) is 26.6. The molecule has 6 nitrogen and oxygen atoms in total. The number of carbonyl (C=O) groups is 1. The van der Waals surface area contributed by atoms with Crippen LogP contribution in [0.25, 0.3) is 11.2 Å². The van der Waals surface area contributed by atoms with Crippen LogP contribution >= 0.6 is 0 Å². The second kappa shape index (κ2) is 8.68. The Morgan fingerprint density at radius 2 is 1.71 bits per heavy atom. The Morgan fingerprint density at radius 3 is 2.55 bits per heavy atom. The summed E-state index contributed by atoms with van der Waals surface area (Å²) in [6.45, 7) is 0.685. The maximum Gasteiger partial charge on any atom is 0.168 e. The summed E-state index contributed by atoms with van der Waals surface area (Å²) < 4.78 is 2.01. The Hall–Kier alpha value is -3.54. The summed E-state index contributed by atoms with van der Waals surface area (Å²) in [5, 5.41) is 3.36. The molecular formula is C25H25N5O. The highest BCUT2D eigenvalue weighted by Crippen LogP contribution is 2.31. The van der Waals surface area contributed by atoms with Gasteiger partial charge in [-0.2, -0.15) is 0 Å². The summed E-state index contributed by atoms with van der Waals surface area (Å²) >= 11 is 0. The molecular weight excluding hydrogens is 386 g/mol. The zero-order valence-corrected chi connectivity index (χ0v) is 17.4. The Kier molecular flexibility index (Phi) is 5.44. The van der Waals surface area contributed by atoms with E-state index in [-0.39, 0.29) is 11.7 Å². The quantitative estimate of drug-likeness (QED) is 0.431. The number of anilines is 2. The van der Waals surface area contributed by atoms with Crippen molar-refractivity contribution >= 4 is 28.5 Å². The second-order valence-corrected chi connectivity index (χ2v) is 8.12. The van der Waals surface area contributed by atoms with E-state index in [1.807, 2.05) is 47.0 Å². The number of fused-ring (bicyclic) bond motifs is 1. The standard InChI is InChI=1S/C25H25N5O/c31-23(19-11-5-2-6-12-19)20-13-7-8-14-21(20)29-24-22-25(27-16-26-24)30(17-28-22)15-18-9-3-1-4-10-18/h1,3-4,7-10,13-14,16-17,19H,2,5-6,11-12,15H2,(H,26,27,29). The van der Waals surface area contributed by atoms with Crippen LogP contribution in [0.3, 0.4) is 0 Å². The summed E-state index contributed by atoms with van der Waals surface area (Å²) in [5.41, 5.74) is 4.13. The topological polar surface area (TPSA) is 72.7 Å². The highest BCUT2D eigenvalue weighted by molar-refractivity contribution is 6.03. The molecule has 0 unspecified atom stereocenters. The van der Waals surface area contributed by atoms with E-state index in [1.54, 1.807) is 12.7 Å². The minimum Gasteiger partial charge on any atom is -0.338 e. The molecule has 0 amide bonds. The van der Waals surface area contributed by atoms with Gasteiger partial charge in [0.25, 0.3) is 0 Å². The summed E-state index contributed by atoms with van der Waals surface area (Å²) in [5.74, 6) is 0.954. The van der Waals surface area contributed by atoms with Crippen LogP contribution in [-0.4, -0.2) is 25.3 Å². The fraction of sp³-hybridized carbons (Fsp3) is 0.280. The number of imidazole rings is 1. The molecule has 31 heavy (non-hydrogen) atoms. The molecule has 156 valence electrons. The number of ketones is 1. The first-order valence-electron chi connectivity index (χ1n) is 10.9. The molecule has 1 aliphatic rings. The van der Waals surface area contributed by atoms with E-state index >= 15 is 0 Å². The lowest BCUT2D eigenvalue weighted by molar-refractivity contribution is 0.0890. The van der Waals surface area contributed by atoms with E-state index in [0.717, 1.165) is 42.6 Å². The van der Waals surface area contributed by atoms with E-state index in [2.05, 4.69) is 32.4 Å². The van der Waals surface area contributed by atoms with Gasteiger partial charge in [0, 0.05) is 11.5 Å². The third-order valence-electron chi connectivity index (χ3n) is 6.02. The van der Waals surface area contributed by atoms with Crippen LogP contribution in [0.1, 0.15) is 48.0 Å². The fourth-order valence-corrected chi connectivity index (χ4v) is 4.39. The van der Waals surface area contributed by atoms with Crippen molar-refractivity contribution in [1.82, 2.24) is 19.5 Å². The van der Waals surface area contributed by atoms with Crippen molar-refractivity contribution in [3.8, 4) is 0 Å². The van der Waals surface area contributed by atoms with Crippen molar-refractivity contribution in [3.63, 3.8) is 0 Å². The average molecular weight is 412 g/mol. The molecule has 2 aromatic heterocycles. The molecule has 1 saturated carbocycles. The molecule has 6 heteroatoms. The van der Waals surface area contributed by atoms with Crippen molar-refractivity contribution in [3.05, 3.63) is 78.4 Å². The lowest BCUT2D eigenvalue weighted by Gasteiger charge is -2.21. The number of hydrogen-bond donors (Lipinski definition) is 1. The first-order valence-corrected chi connectivity index (χ1v) is 10.9. The maximum absolute atomic E-state index is 13.2. The maximum atomic E-state index is 13.2. The number of nitrogens with one attached hydrogen (secondary N) is 1. The van der Waals surface area contributed by atoms with Gasteiger partial charge in [-0.15, -0.1) is 0 Å². The van der Waals surface area contributed by atoms with Crippen LogP contribution in [0.4, 0.5) is 11.5 Å². The van der Waals surface area contributed by atoms with Gasteiger partial charge in [-0.1, -0.05) is 61.7 Å². The Labute approximate surface area is 181 Å². The van der Waals surface area contributed by atoms with Crippen molar-refractivity contribution in [2.45, 2.75) is 38.6 Å². The second-order valence-electron chi connectivity index (χ2n) is 8.12. The van der Waals surface area contributed by atoms with Crippen molar-refractivity contribution in [2.75, 3.05) is 5.32 Å². The molecule has 5 rings (SSSR count). The largest absolute Gasteiger partial charge is 0.338 e. The van der Waals surface area contributed by atoms with E-state index in [1.165, 1.54) is 12.0 Å². The third-order valence-corrected chi connectivity index (χ3v) is 6.02. The van der Waals surface area contributed by atoms with Crippen molar-refractivity contribution in [2.24, 2.45) is 5.92 Å². The number of aromatic nitrogens is 4. The van der Waals surface area contributed by atoms with Crippen LogP contribution in [0.5, 0.6) is 0 Å². The normalized spacial score (nSPS) is 14.6. The number of nitrogens with zero attached hydrogens (tertiary/aromatic N) is 4. The van der Waals surface area contributed by atoms with Gasteiger partial charge < -0.3 is 9.88 Å². The minimum absolute atomic E-state index is 0.118. The van der Waals surface area contributed by atoms with E-state index in [9.17, 15) is 4.79 Å². The van der Waals surface area contributed by atoms with Gasteiger partial charge in [0.15, 0.2) is 22.8 Å². The average Bonchev–Trinajstić information content (AvgIpc) is 3.24. The minimum atomic E-state index is 0.118. The van der Waals surface area contributed by atoms with Gasteiger partial charge in [-0.25, -0.2) is 15.0 Å².